The summed E-state index contributed by atoms with van der Waals surface area (Å²) >= 11 is 0. The minimum absolute atomic E-state index is 0.0776. The highest BCUT2D eigenvalue weighted by Gasteiger charge is 2.44. The van der Waals surface area contributed by atoms with Crippen molar-refractivity contribution >= 4 is 23.9 Å². The molecule has 16 nitrogen and oxygen atoms in total. The van der Waals surface area contributed by atoms with Gasteiger partial charge in [0.1, 0.15) is 25.3 Å². The van der Waals surface area contributed by atoms with Crippen LogP contribution < -0.4 is 25.5 Å². The summed E-state index contributed by atoms with van der Waals surface area (Å²) in [7, 11) is 0. The topological polar surface area (TPSA) is 206 Å². The van der Waals surface area contributed by atoms with Gasteiger partial charge < -0.3 is 45.2 Å². The number of carboxylic acid groups (broad SMARTS) is 1. The summed E-state index contributed by atoms with van der Waals surface area (Å²) in [6.07, 6.45) is -2.42. The molecular formula is C42H57N7O9. The molecule has 3 heterocycles. The van der Waals surface area contributed by atoms with Crippen LogP contribution in [-0.4, -0.2) is 116 Å². The molecule has 1 aromatic heterocycles. The Labute approximate surface area is 339 Å². The second-order valence-corrected chi connectivity index (χ2v) is 16.9. The highest BCUT2D eigenvalue weighted by Crippen LogP contribution is 2.32. The third kappa shape index (κ3) is 11.6. The molecule has 0 spiro atoms. The Hall–Kier alpha value is -5.45. The molecule has 5 amide bonds. The smallest absolute Gasteiger partial charge is 0.405 e. The van der Waals surface area contributed by atoms with Crippen molar-refractivity contribution in [2.75, 3.05) is 32.8 Å². The van der Waals surface area contributed by atoms with Crippen molar-refractivity contribution in [3.63, 3.8) is 0 Å². The molecular weight excluding hydrogens is 747 g/mol. The highest BCUT2D eigenvalue weighted by atomic mass is 16.6. The number of hydrazine groups is 1. The minimum atomic E-state index is -1.36. The quantitative estimate of drug-likeness (QED) is 0.116. The van der Waals surface area contributed by atoms with E-state index < -0.39 is 53.0 Å². The van der Waals surface area contributed by atoms with Crippen molar-refractivity contribution in [1.82, 2.24) is 35.9 Å². The van der Waals surface area contributed by atoms with Gasteiger partial charge in [-0.05, 0) is 52.6 Å². The third-order valence-corrected chi connectivity index (χ3v) is 10.0. The molecule has 2 aliphatic heterocycles. The zero-order valence-corrected chi connectivity index (χ0v) is 34.1. The molecule has 5 rings (SSSR count). The van der Waals surface area contributed by atoms with Crippen LogP contribution in [0.4, 0.5) is 9.59 Å². The predicted octanol–water partition coefficient (Wildman–Crippen LogP) is 3.30. The van der Waals surface area contributed by atoms with Gasteiger partial charge in [-0.15, -0.1) is 0 Å². The number of aliphatic hydroxyl groups excluding tert-OH is 2. The molecule has 58 heavy (non-hydrogen) atoms. The lowest BCUT2D eigenvalue weighted by atomic mass is 9.84. The SMILES string of the molecule is CC(C)(C)[C@H](NC(=O)O)C(=O)NN(Cc1ccc2c(c1)OCCO2)C[C@H](O)[C@H](Cc1ccccc1)NC(=O)[C@@H](N1CCN(Cc2cccc(CO)n2)C1=O)C(C)(C)C. The van der Waals surface area contributed by atoms with Gasteiger partial charge in [-0.2, -0.15) is 0 Å². The second-order valence-electron chi connectivity index (χ2n) is 16.9. The standard InChI is InChI=1S/C42H57N7O9/c1-41(2,3)35(45-39(54)55)37(52)46-48(23-28-15-16-33-34(22-28)58-20-19-57-33)25-32(51)31(21-27-11-8-7-9-12-27)44-38(53)36(42(4,5)6)49-18-17-47(40(49)56)24-29-13-10-14-30(26-50)43-29/h7-16,22,31-32,35-36,45,50-51H,17-21,23-26H2,1-6H3,(H,44,53)(H,46,52)(H,54,55)/t31-,32-,35+,36+/m0/s1. The first kappa shape index (κ1) is 43.7. The van der Waals surface area contributed by atoms with Crippen molar-refractivity contribution in [2.24, 2.45) is 10.8 Å². The first-order valence-corrected chi connectivity index (χ1v) is 19.5. The number of benzene rings is 2. The van der Waals surface area contributed by atoms with E-state index in [2.05, 4.69) is 21.0 Å². The number of amides is 5. The Kier molecular flexibility index (Phi) is 14.2. The maximum atomic E-state index is 14.5. The fourth-order valence-corrected chi connectivity index (χ4v) is 7.23. The fourth-order valence-electron chi connectivity index (χ4n) is 7.23. The molecule has 6 N–H and O–H groups in total. The van der Waals surface area contributed by atoms with Crippen LogP contribution in [0.5, 0.6) is 11.5 Å². The number of rotatable bonds is 16. The monoisotopic (exact) mass is 803 g/mol. The van der Waals surface area contributed by atoms with Crippen LogP contribution in [-0.2, 0) is 35.7 Å². The van der Waals surface area contributed by atoms with Gasteiger partial charge in [0.25, 0.3) is 5.91 Å². The average Bonchev–Trinajstić information content (AvgIpc) is 3.50. The van der Waals surface area contributed by atoms with Gasteiger partial charge in [-0.25, -0.2) is 14.6 Å². The maximum Gasteiger partial charge on any atom is 0.405 e. The maximum absolute atomic E-state index is 14.5. The summed E-state index contributed by atoms with van der Waals surface area (Å²) < 4.78 is 11.5. The van der Waals surface area contributed by atoms with Gasteiger partial charge >= 0.3 is 12.1 Å². The summed E-state index contributed by atoms with van der Waals surface area (Å²) in [6, 6.07) is 16.7. The van der Waals surface area contributed by atoms with Crippen molar-refractivity contribution in [3.05, 3.63) is 89.2 Å². The van der Waals surface area contributed by atoms with Gasteiger partial charge in [0, 0.05) is 26.2 Å². The van der Waals surface area contributed by atoms with E-state index in [1.54, 1.807) is 60.9 Å². The molecule has 0 bridgehead atoms. The molecule has 0 unspecified atom stereocenters. The molecule has 16 heteroatoms. The lowest BCUT2D eigenvalue weighted by Gasteiger charge is -2.38. The number of hydrogen-bond acceptors (Lipinski definition) is 10. The van der Waals surface area contributed by atoms with Crippen LogP contribution >= 0.6 is 0 Å². The Morgan fingerprint density at radius 1 is 0.845 bits per heavy atom. The van der Waals surface area contributed by atoms with Gasteiger partial charge in [0.15, 0.2) is 11.5 Å². The number of aromatic nitrogens is 1. The van der Waals surface area contributed by atoms with Crippen LogP contribution in [0.25, 0.3) is 0 Å². The molecule has 2 aromatic carbocycles. The van der Waals surface area contributed by atoms with E-state index in [4.69, 9.17) is 9.47 Å². The van der Waals surface area contributed by atoms with E-state index in [0.29, 0.717) is 48.2 Å². The lowest BCUT2D eigenvalue weighted by Crippen LogP contribution is -2.61. The minimum Gasteiger partial charge on any atom is -0.486 e. The van der Waals surface area contributed by atoms with Gasteiger partial charge in [-0.3, -0.25) is 20.0 Å². The zero-order valence-electron chi connectivity index (χ0n) is 34.1. The number of urea groups is 1. The summed E-state index contributed by atoms with van der Waals surface area (Å²) in [5.74, 6) is 0.0220. The summed E-state index contributed by atoms with van der Waals surface area (Å²) in [5, 5.41) is 38.1. The number of carbonyl (C=O) groups excluding carboxylic acids is 3. The van der Waals surface area contributed by atoms with E-state index in [0.717, 1.165) is 5.56 Å². The van der Waals surface area contributed by atoms with Crippen LogP contribution in [0.3, 0.4) is 0 Å². The summed E-state index contributed by atoms with van der Waals surface area (Å²) in [6.45, 7) is 12.2. The molecule has 0 saturated carbocycles. The molecule has 1 fully saturated rings. The van der Waals surface area contributed by atoms with Crippen LogP contribution in [0.1, 0.15) is 64.1 Å². The second kappa shape index (κ2) is 18.9. The Bertz CT molecular complexity index is 1900. The normalized spacial score (nSPS) is 16.4. The van der Waals surface area contributed by atoms with Crippen molar-refractivity contribution in [1.29, 1.82) is 0 Å². The van der Waals surface area contributed by atoms with E-state index in [-0.39, 0.29) is 45.2 Å². The van der Waals surface area contributed by atoms with Gasteiger partial charge in [0.2, 0.25) is 5.91 Å². The Morgan fingerprint density at radius 2 is 1.53 bits per heavy atom. The van der Waals surface area contributed by atoms with Crippen LogP contribution in [0, 0.1) is 10.8 Å². The molecule has 0 aliphatic carbocycles. The number of pyridine rings is 1. The van der Waals surface area contributed by atoms with E-state index in [1.165, 1.54) is 5.01 Å². The molecule has 1 saturated heterocycles. The number of aliphatic hydroxyl groups is 2. The first-order chi connectivity index (χ1) is 27.4. The molecule has 2 aliphatic rings. The van der Waals surface area contributed by atoms with Crippen molar-refractivity contribution < 1.29 is 44.0 Å². The van der Waals surface area contributed by atoms with E-state index in [1.807, 2.05) is 57.2 Å². The largest absolute Gasteiger partial charge is 0.486 e. The Morgan fingerprint density at radius 3 is 2.19 bits per heavy atom. The highest BCUT2D eigenvalue weighted by molar-refractivity contribution is 5.89. The van der Waals surface area contributed by atoms with Crippen LogP contribution in [0.2, 0.25) is 0 Å². The molecule has 0 radical (unpaired) electrons. The zero-order chi connectivity index (χ0) is 42.2. The summed E-state index contributed by atoms with van der Waals surface area (Å²) in [4.78, 5) is 61.6. The molecule has 3 aromatic rings. The number of fused-ring (bicyclic) bond motifs is 1. The van der Waals surface area contributed by atoms with E-state index in [9.17, 15) is 34.5 Å². The number of carbonyl (C=O) groups is 4. The number of ether oxygens (including phenoxy) is 2. The number of nitrogens with one attached hydrogen (secondary N) is 3. The lowest BCUT2D eigenvalue weighted by molar-refractivity contribution is -0.133. The number of hydrogen-bond donors (Lipinski definition) is 6. The molecule has 314 valence electrons. The van der Waals surface area contributed by atoms with Gasteiger partial charge in [0.05, 0.1) is 36.7 Å². The third-order valence-electron chi connectivity index (χ3n) is 10.0. The van der Waals surface area contributed by atoms with E-state index >= 15 is 0 Å². The van der Waals surface area contributed by atoms with Crippen LogP contribution in [0.15, 0.2) is 66.7 Å². The Balaban J connectivity index is 1.41. The number of nitrogens with zero attached hydrogens (tertiary/aromatic N) is 4. The van der Waals surface area contributed by atoms with Gasteiger partial charge in [-0.1, -0.05) is 84.0 Å². The average molecular weight is 804 g/mol. The van der Waals surface area contributed by atoms with Crippen molar-refractivity contribution in [3.8, 4) is 11.5 Å². The summed E-state index contributed by atoms with van der Waals surface area (Å²) in [5.41, 5.74) is 3.96. The molecule has 4 atom stereocenters. The fraction of sp³-hybridized carbons (Fsp3) is 0.500. The first-order valence-electron chi connectivity index (χ1n) is 19.5. The van der Waals surface area contributed by atoms with Crippen molar-refractivity contribution in [2.45, 2.75) is 91.9 Å². The predicted molar refractivity (Wildman–Crippen MR) is 214 cm³/mol.